The van der Waals surface area contributed by atoms with Gasteiger partial charge in [-0.05, 0) is 18.9 Å². The Morgan fingerprint density at radius 1 is 1.26 bits per heavy atom. The average Bonchev–Trinajstić information content (AvgIpc) is 2.43. The summed E-state index contributed by atoms with van der Waals surface area (Å²) in [7, 11) is 0. The van der Waals surface area contributed by atoms with Crippen molar-refractivity contribution in [3.8, 4) is 0 Å². The van der Waals surface area contributed by atoms with E-state index in [1.54, 1.807) is 13.8 Å². The summed E-state index contributed by atoms with van der Waals surface area (Å²) in [6.07, 6.45) is 0.411. The third-order valence-electron chi connectivity index (χ3n) is 3.15. The molecule has 19 heavy (non-hydrogen) atoms. The number of carbonyl (C=O) groups excluding carboxylic acids is 1. The van der Waals surface area contributed by atoms with Crippen molar-refractivity contribution in [2.75, 3.05) is 6.54 Å². The van der Waals surface area contributed by atoms with Gasteiger partial charge in [-0.2, -0.15) is 0 Å². The number of aliphatic carboxylic acids is 1. The zero-order valence-corrected chi connectivity index (χ0v) is 11.3. The number of rotatable bonds is 7. The molecule has 0 saturated carbocycles. The van der Waals surface area contributed by atoms with Gasteiger partial charge in [-0.25, -0.2) is 0 Å². The lowest BCUT2D eigenvalue weighted by atomic mass is 9.99. The highest BCUT2D eigenvalue weighted by atomic mass is 16.4. The van der Waals surface area contributed by atoms with Gasteiger partial charge in [0.15, 0.2) is 0 Å². The van der Waals surface area contributed by atoms with Crippen LogP contribution >= 0.6 is 0 Å². The van der Waals surface area contributed by atoms with Gasteiger partial charge in [-0.3, -0.25) is 14.9 Å². The number of amides is 1. The summed E-state index contributed by atoms with van der Waals surface area (Å²) in [6, 6.07) is 9.55. The first-order chi connectivity index (χ1) is 8.98. The summed E-state index contributed by atoms with van der Waals surface area (Å²) in [6.45, 7) is 3.77. The molecule has 0 radical (unpaired) electrons. The van der Waals surface area contributed by atoms with Gasteiger partial charge >= 0.3 is 5.97 Å². The Balaban J connectivity index is 2.38. The predicted molar refractivity (Wildman–Crippen MR) is 72.6 cm³/mol. The highest BCUT2D eigenvalue weighted by Crippen LogP contribution is 2.08. The summed E-state index contributed by atoms with van der Waals surface area (Å²) in [4.78, 5) is 22.7. The van der Waals surface area contributed by atoms with E-state index in [-0.39, 0.29) is 12.5 Å². The van der Waals surface area contributed by atoms with Crippen LogP contribution in [0, 0.1) is 0 Å². The maximum absolute atomic E-state index is 11.6. The molecule has 1 rings (SSSR count). The molecule has 1 aromatic rings. The van der Waals surface area contributed by atoms with Crippen LogP contribution in [0.2, 0.25) is 0 Å². The topological polar surface area (TPSA) is 78.4 Å². The lowest BCUT2D eigenvalue weighted by molar-refractivity contribution is -0.144. The Labute approximate surface area is 113 Å². The van der Waals surface area contributed by atoms with E-state index in [1.807, 2.05) is 30.3 Å². The molecule has 1 atom stereocenters. The van der Waals surface area contributed by atoms with Crippen molar-refractivity contribution in [2.24, 2.45) is 0 Å². The third-order valence-corrected chi connectivity index (χ3v) is 3.15. The number of nitrogens with one attached hydrogen (secondary N) is 2. The highest BCUT2D eigenvalue weighted by molar-refractivity contribution is 5.81. The van der Waals surface area contributed by atoms with Crippen molar-refractivity contribution in [2.45, 2.75) is 32.4 Å². The molecule has 0 spiro atoms. The quantitative estimate of drug-likeness (QED) is 0.690. The molecule has 0 aromatic heterocycles. The first kappa shape index (κ1) is 15.2. The minimum Gasteiger partial charge on any atom is -0.480 e. The molecular weight excluding hydrogens is 244 g/mol. The van der Waals surface area contributed by atoms with Crippen LogP contribution in [0.1, 0.15) is 25.8 Å². The molecule has 0 fully saturated rings. The van der Waals surface area contributed by atoms with Crippen molar-refractivity contribution in [1.82, 2.24) is 10.6 Å². The fourth-order valence-electron chi connectivity index (χ4n) is 1.49. The highest BCUT2D eigenvalue weighted by Gasteiger charge is 2.30. The number of carboxylic acids is 1. The molecule has 0 saturated heterocycles. The van der Waals surface area contributed by atoms with Crippen molar-refractivity contribution in [3.63, 3.8) is 0 Å². The van der Waals surface area contributed by atoms with E-state index < -0.39 is 11.5 Å². The Morgan fingerprint density at radius 2 is 1.89 bits per heavy atom. The molecule has 0 heterocycles. The number of carboxylic acid groups (broad SMARTS) is 1. The van der Waals surface area contributed by atoms with E-state index in [9.17, 15) is 9.59 Å². The number of hydrogen-bond acceptors (Lipinski definition) is 3. The van der Waals surface area contributed by atoms with Gasteiger partial charge in [0, 0.05) is 6.54 Å². The van der Waals surface area contributed by atoms with Crippen LogP contribution in [-0.2, 0) is 16.1 Å². The van der Waals surface area contributed by atoms with Gasteiger partial charge in [0.1, 0.15) is 5.54 Å². The molecular formula is C14H20N2O3. The Morgan fingerprint density at radius 3 is 2.42 bits per heavy atom. The fraction of sp³-hybridized carbons (Fsp3) is 0.429. The summed E-state index contributed by atoms with van der Waals surface area (Å²) in [5, 5.41) is 14.6. The lowest BCUT2D eigenvalue weighted by Crippen LogP contribution is -2.52. The van der Waals surface area contributed by atoms with Crippen LogP contribution in [0.15, 0.2) is 30.3 Å². The summed E-state index contributed by atoms with van der Waals surface area (Å²) in [5.41, 5.74) is -0.0586. The largest absolute Gasteiger partial charge is 0.480 e. The first-order valence-electron chi connectivity index (χ1n) is 6.27. The molecule has 1 unspecified atom stereocenters. The van der Waals surface area contributed by atoms with Gasteiger partial charge in [0.25, 0.3) is 0 Å². The van der Waals surface area contributed by atoms with Gasteiger partial charge in [0.2, 0.25) is 5.91 Å². The molecule has 5 nitrogen and oxygen atoms in total. The standard InChI is InChI=1S/C14H20N2O3/c1-3-14(2,13(18)19)16-10-12(17)15-9-11-7-5-4-6-8-11/h4-8,16H,3,9-10H2,1-2H3,(H,15,17)(H,18,19). The Kier molecular flexibility index (Phi) is 5.51. The van der Waals surface area contributed by atoms with E-state index in [1.165, 1.54) is 0 Å². The maximum atomic E-state index is 11.6. The Bertz CT molecular complexity index is 434. The monoisotopic (exact) mass is 264 g/mol. The van der Waals surface area contributed by atoms with Gasteiger partial charge in [-0.1, -0.05) is 37.3 Å². The predicted octanol–water partition coefficient (Wildman–Crippen LogP) is 1.15. The summed E-state index contributed by atoms with van der Waals surface area (Å²) >= 11 is 0. The fourth-order valence-corrected chi connectivity index (χ4v) is 1.49. The van der Waals surface area contributed by atoms with Crippen LogP contribution < -0.4 is 10.6 Å². The molecule has 5 heteroatoms. The third kappa shape index (κ3) is 4.71. The zero-order valence-electron chi connectivity index (χ0n) is 11.3. The molecule has 1 aromatic carbocycles. The number of benzene rings is 1. The second-order valence-electron chi connectivity index (χ2n) is 4.61. The lowest BCUT2D eigenvalue weighted by Gasteiger charge is -2.24. The molecule has 0 bridgehead atoms. The second kappa shape index (κ2) is 6.89. The van der Waals surface area contributed by atoms with Gasteiger partial charge in [0.05, 0.1) is 6.54 Å². The van der Waals surface area contributed by atoms with Crippen molar-refractivity contribution in [1.29, 1.82) is 0 Å². The average molecular weight is 264 g/mol. The van der Waals surface area contributed by atoms with Crippen molar-refractivity contribution in [3.05, 3.63) is 35.9 Å². The van der Waals surface area contributed by atoms with Crippen LogP contribution in [0.3, 0.4) is 0 Å². The van der Waals surface area contributed by atoms with Crippen molar-refractivity contribution < 1.29 is 14.7 Å². The summed E-state index contributed by atoms with van der Waals surface area (Å²) < 4.78 is 0. The van der Waals surface area contributed by atoms with Crippen LogP contribution in [0.25, 0.3) is 0 Å². The SMILES string of the molecule is CCC(C)(NCC(=O)NCc1ccccc1)C(=O)O. The van der Waals surface area contributed by atoms with Gasteiger partial charge in [-0.15, -0.1) is 0 Å². The summed E-state index contributed by atoms with van der Waals surface area (Å²) in [5.74, 6) is -1.17. The maximum Gasteiger partial charge on any atom is 0.323 e. The molecule has 104 valence electrons. The minimum absolute atomic E-state index is 0.0104. The molecule has 0 aliphatic rings. The van der Waals surface area contributed by atoms with Crippen LogP contribution in [0.4, 0.5) is 0 Å². The normalized spacial score (nSPS) is 13.6. The van der Waals surface area contributed by atoms with Crippen LogP contribution in [-0.4, -0.2) is 29.1 Å². The Hall–Kier alpha value is -1.88. The van der Waals surface area contributed by atoms with E-state index in [0.29, 0.717) is 13.0 Å². The van der Waals surface area contributed by atoms with E-state index in [2.05, 4.69) is 10.6 Å². The molecule has 0 aliphatic carbocycles. The van der Waals surface area contributed by atoms with Crippen LogP contribution in [0.5, 0.6) is 0 Å². The number of hydrogen-bond donors (Lipinski definition) is 3. The van der Waals surface area contributed by atoms with E-state index >= 15 is 0 Å². The van der Waals surface area contributed by atoms with E-state index in [4.69, 9.17) is 5.11 Å². The number of carbonyl (C=O) groups is 2. The molecule has 0 aliphatic heterocycles. The van der Waals surface area contributed by atoms with Crippen molar-refractivity contribution >= 4 is 11.9 Å². The molecule has 1 amide bonds. The second-order valence-corrected chi connectivity index (χ2v) is 4.61. The minimum atomic E-state index is -1.07. The first-order valence-corrected chi connectivity index (χ1v) is 6.27. The van der Waals surface area contributed by atoms with Gasteiger partial charge < -0.3 is 10.4 Å². The molecule has 3 N–H and O–H groups in total. The van der Waals surface area contributed by atoms with E-state index in [0.717, 1.165) is 5.56 Å². The zero-order chi connectivity index (χ0) is 14.3. The smallest absolute Gasteiger partial charge is 0.323 e.